The van der Waals surface area contributed by atoms with Gasteiger partial charge in [-0.05, 0) is 63.9 Å². The fraction of sp³-hybridized carbons (Fsp3) is 0.381. The average Bonchev–Trinajstić information content (AvgIpc) is 2.51. The lowest BCUT2D eigenvalue weighted by molar-refractivity contribution is -0.00224. The van der Waals surface area contributed by atoms with E-state index in [1.807, 2.05) is 12.1 Å². The fourth-order valence-electron chi connectivity index (χ4n) is 2.91. The summed E-state index contributed by atoms with van der Waals surface area (Å²) in [5.41, 5.74) is 0.156. The predicted octanol–water partition coefficient (Wildman–Crippen LogP) is 4.59. The Kier molecular flexibility index (Phi) is 5.72. The van der Waals surface area contributed by atoms with Gasteiger partial charge in [-0.15, -0.1) is 0 Å². The van der Waals surface area contributed by atoms with Crippen molar-refractivity contribution >= 4 is 17.4 Å². The molecule has 25 heavy (non-hydrogen) atoms. The second-order valence-corrected chi connectivity index (χ2v) is 8.12. The number of aliphatic hydroxyl groups is 2. The average molecular weight is 361 g/mol. The van der Waals surface area contributed by atoms with Crippen molar-refractivity contribution in [2.75, 3.05) is 0 Å². The summed E-state index contributed by atoms with van der Waals surface area (Å²) in [5, 5.41) is 21.2. The summed E-state index contributed by atoms with van der Waals surface area (Å²) in [6, 6.07) is 14.0. The molecule has 0 bridgehead atoms. The molecule has 0 radical (unpaired) electrons. The molecule has 0 heterocycles. The van der Waals surface area contributed by atoms with Crippen molar-refractivity contribution < 1.29 is 15.0 Å². The lowest BCUT2D eigenvalue weighted by Crippen LogP contribution is -2.35. The first kappa shape index (κ1) is 19.6. The monoisotopic (exact) mass is 360 g/mol. The van der Waals surface area contributed by atoms with Crippen molar-refractivity contribution in [3.63, 3.8) is 0 Å². The normalized spacial score (nSPS) is 13.6. The van der Waals surface area contributed by atoms with Crippen LogP contribution in [0.5, 0.6) is 0 Å². The number of hydrogen-bond donors (Lipinski definition) is 2. The minimum Gasteiger partial charge on any atom is -0.390 e. The second kappa shape index (κ2) is 7.28. The summed E-state index contributed by atoms with van der Waals surface area (Å²) in [6.07, 6.45) is 0.418. The number of rotatable bonds is 6. The Morgan fingerprint density at radius 3 is 1.76 bits per heavy atom. The standard InChI is InChI=1S/C21H25ClO3/c1-20(2,24)13-18(21(3,4)25)14-5-7-15(8-6-14)19(23)16-9-11-17(22)12-10-16/h5-12,18,24-25H,13H2,1-4H3. The highest BCUT2D eigenvalue weighted by molar-refractivity contribution is 6.30. The van der Waals surface area contributed by atoms with Gasteiger partial charge >= 0.3 is 0 Å². The molecule has 0 aromatic heterocycles. The van der Waals surface area contributed by atoms with Crippen LogP contribution in [0.1, 0.15) is 61.5 Å². The molecule has 0 saturated carbocycles. The van der Waals surface area contributed by atoms with E-state index >= 15 is 0 Å². The van der Waals surface area contributed by atoms with Gasteiger partial charge in [-0.1, -0.05) is 35.9 Å². The van der Waals surface area contributed by atoms with Gasteiger partial charge in [-0.25, -0.2) is 0 Å². The van der Waals surface area contributed by atoms with Gasteiger partial charge < -0.3 is 10.2 Å². The van der Waals surface area contributed by atoms with Crippen LogP contribution < -0.4 is 0 Å². The van der Waals surface area contributed by atoms with Crippen molar-refractivity contribution in [3.8, 4) is 0 Å². The zero-order chi connectivity index (χ0) is 18.8. The maximum atomic E-state index is 12.5. The second-order valence-electron chi connectivity index (χ2n) is 7.68. The first-order valence-corrected chi connectivity index (χ1v) is 8.70. The van der Waals surface area contributed by atoms with Gasteiger partial charge in [0.2, 0.25) is 0 Å². The number of ketones is 1. The van der Waals surface area contributed by atoms with Gasteiger partial charge in [0.15, 0.2) is 5.78 Å². The van der Waals surface area contributed by atoms with E-state index in [0.717, 1.165) is 5.56 Å². The van der Waals surface area contributed by atoms with E-state index in [1.54, 1.807) is 64.1 Å². The number of halogens is 1. The SMILES string of the molecule is CC(C)(O)CC(c1ccc(C(=O)c2ccc(Cl)cc2)cc1)C(C)(C)O. The molecule has 3 nitrogen and oxygen atoms in total. The first-order chi connectivity index (χ1) is 11.5. The van der Waals surface area contributed by atoms with Gasteiger partial charge in [0.1, 0.15) is 0 Å². The molecule has 0 fully saturated rings. The molecule has 0 aliphatic carbocycles. The van der Waals surface area contributed by atoms with Crippen LogP contribution in [0.2, 0.25) is 5.02 Å². The molecule has 0 spiro atoms. The van der Waals surface area contributed by atoms with E-state index < -0.39 is 11.2 Å². The van der Waals surface area contributed by atoms with Crippen molar-refractivity contribution in [1.82, 2.24) is 0 Å². The highest BCUT2D eigenvalue weighted by atomic mass is 35.5. The Hall–Kier alpha value is -1.68. The molecule has 2 rings (SSSR count). The Balaban J connectivity index is 2.28. The number of hydrogen-bond acceptors (Lipinski definition) is 3. The van der Waals surface area contributed by atoms with E-state index in [0.29, 0.717) is 22.6 Å². The van der Waals surface area contributed by atoms with E-state index in [1.165, 1.54) is 0 Å². The lowest BCUT2D eigenvalue weighted by Gasteiger charge is -2.34. The van der Waals surface area contributed by atoms with Crippen LogP contribution in [0.25, 0.3) is 0 Å². The molecule has 0 saturated heterocycles. The predicted molar refractivity (Wildman–Crippen MR) is 101 cm³/mol. The quantitative estimate of drug-likeness (QED) is 0.741. The first-order valence-electron chi connectivity index (χ1n) is 8.32. The fourth-order valence-corrected chi connectivity index (χ4v) is 3.04. The smallest absolute Gasteiger partial charge is 0.193 e. The Morgan fingerprint density at radius 2 is 1.36 bits per heavy atom. The topological polar surface area (TPSA) is 57.5 Å². The molecule has 1 atom stereocenters. The van der Waals surface area contributed by atoms with Crippen LogP contribution in [0.3, 0.4) is 0 Å². The molecular weight excluding hydrogens is 336 g/mol. The van der Waals surface area contributed by atoms with Crippen LogP contribution in [-0.2, 0) is 0 Å². The largest absolute Gasteiger partial charge is 0.390 e. The summed E-state index contributed by atoms with van der Waals surface area (Å²) in [5.74, 6) is -0.322. The summed E-state index contributed by atoms with van der Waals surface area (Å²) >= 11 is 5.86. The van der Waals surface area contributed by atoms with E-state index in [4.69, 9.17) is 11.6 Å². The third kappa shape index (κ3) is 5.40. The molecule has 2 aromatic carbocycles. The van der Waals surface area contributed by atoms with Crippen molar-refractivity contribution in [2.45, 2.75) is 51.2 Å². The van der Waals surface area contributed by atoms with Gasteiger partial charge in [0.05, 0.1) is 11.2 Å². The van der Waals surface area contributed by atoms with Crippen LogP contribution in [0.15, 0.2) is 48.5 Å². The molecule has 2 aromatic rings. The summed E-state index contributed by atoms with van der Waals surface area (Å²) in [4.78, 5) is 12.5. The van der Waals surface area contributed by atoms with Crippen LogP contribution in [0.4, 0.5) is 0 Å². The highest BCUT2D eigenvalue weighted by Gasteiger charge is 2.33. The molecule has 4 heteroatoms. The van der Waals surface area contributed by atoms with Crippen molar-refractivity contribution in [1.29, 1.82) is 0 Å². The van der Waals surface area contributed by atoms with E-state index in [9.17, 15) is 15.0 Å². The Morgan fingerprint density at radius 1 is 0.920 bits per heavy atom. The highest BCUT2D eigenvalue weighted by Crippen LogP contribution is 2.35. The van der Waals surface area contributed by atoms with E-state index in [-0.39, 0.29) is 11.7 Å². The minimum atomic E-state index is -0.984. The van der Waals surface area contributed by atoms with Crippen LogP contribution in [-0.4, -0.2) is 27.2 Å². The molecule has 0 aliphatic heterocycles. The summed E-state index contributed by atoms with van der Waals surface area (Å²) < 4.78 is 0. The molecular formula is C21H25ClO3. The molecule has 2 N–H and O–H groups in total. The third-order valence-corrected chi connectivity index (χ3v) is 4.49. The Labute approximate surface area is 154 Å². The maximum Gasteiger partial charge on any atom is 0.193 e. The number of benzene rings is 2. The minimum absolute atomic E-state index is 0.0782. The van der Waals surface area contributed by atoms with Crippen molar-refractivity contribution in [2.24, 2.45) is 0 Å². The zero-order valence-electron chi connectivity index (χ0n) is 15.1. The van der Waals surface area contributed by atoms with Gasteiger partial charge in [0, 0.05) is 22.1 Å². The summed E-state index contributed by atoms with van der Waals surface area (Å²) in [7, 11) is 0. The number of carbonyl (C=O) groups excluding carboxylic acids is 1. The maximum absolute atomic E-state index is 12.5. The summed E-state index contributed by atoms with van der Waals surface area (Å²) in [6.45, 7) is 6.92. The molecule has 1 unspecified atom stereocenters. The molecule has 0 amide bonds. The van der Waals surface area contributed by atoms with Gasteiger partial charge in [-0.3, -0.25) is 4.79 Å². The molecule has 0 aliphatic rings. The lowest BCUT2D eigenvalue weighted by atomic mass is 9.77. The van der Waals surface area contributed by atoms with Crippen LogP contribution >= 0.6 is 11.6 Å². The number of carbonyl (C=O) groups is 1. The van der Waals surface area contributed by atoms with Gasteiger partial charge in [-0.2, -0.15) is 0 Å². The van der Waals surface area contributed by atoms with Crippen molar-refractivity contribution in [3.05, 3.63) is 70.2 Å². The van der Waals surface area contributed by atoms with Crippen LogP contribution in [0, 0.1) is 0 Å². The molecule has 134 valence electrons. The third-order valence-electron chi connectivity index (χ3n) is 4.24. The zero-order valence-corrected chi connectivity index (χ0v) is 15.8. The Bertz CT molecular complexity index is 720. The van der Waals surface area contributed by atoms with E-state index in [2.05, 4.69) is 0 Å². The van der Waals surface area contributed by atoms with Gasteiger partial charge in [0.25, 0.3) is 0 Å².